The van der Waals surface area contributed by atoms with Crippen LogP contribution in [-0.2, 0) is 4.79 Å². The van der Waals surface area contributed by atoms with Gasteiger partial charge in [0.15, 0.2) is 0 Å². The normalized spacial score (nSPS) is 15.6. The van der Waals surface area contributed by atoms with E-state index in [4.69, 9.17) is 4.52 Å². The van der Waals surface area contributed by atoms with E-state index in [1.165, 1.54) is 12.1 Å². The molecule has 1 aromatic carbocycles. The van der Waals surface area contributed by atoms with Crippen molar-refractivity contribution in [3.63, 3.8) is 0 Å². The van der Waals surface area contributed by atoms with Crippen molar-refractivity contribution in [3.8, 4) is 11.4 Å². The van der Waals surface area contributed by atoms with Crippen molar-refractivity contribution >= 4 is 11.6 Å². The van der Waals surface area contributed by atoms with E-state index >= 15 is 0 Å². The summed E-state index contributed by atoms with van der Waals surface area (Å²) in [6, 6.07) is 5.58. The van der Waals surface area contributed by atoms with Crippen molar-refractivity contribution in [2.75, 3.05) is 0 Å². The number of amides is 1. The molecule has 25 heavy (non-hydrogen) atoms. The summed E-state index contributed by atoms with van der Waals surface area (Å²) in [6.07, 6.45) is 2.94. The zero-order valence-electron chi connectivity index (χ0n) is 14.1. The predicted molar refractivity (Wildman–Crippen MR) is 89.5 cm³/mol. The molecule has 1 heterocycles. The van der Waals surface area contributed by atoms with Crippen LogP contribution in [0.5, 0.6) is 0 Å². The number of aromatic nitrogens is 2. The first-order valence-electron chi connectivity index (χ1n) is 8.34. The third-order valence-electron chi connectivity index (χ3n) is 4.48. The molecule has 1 aromatic heterocycles. The average Bonchev–Trinajstić information content (AvgIpc) is 3.00. The van der Waals surface area contributed by atoms with Crippen LogP contribution in [-0.4, -0.2) is 21.0 Å². The fourth-order valence-electron chi connectivity index (χ4n) is 2.67. The molecule has 1 atom stereocenters. The molecule has 132 valence electrons. The lowest BCUT2D eigenvalue weighted by atomic mass is 9.84. The molecule has 8 heteroatoms. The van der Waals surface area contributed by atoms with Crippen LogP contribution < -0.4 is 5.32 Å². The van der Waals surface area contributed by atoms with Gasteiger partial charge in [-0.05, 0) is 30.9 Å². The zero-order valence-corrected chi connectivity index (χ0v) is 14.1. The molecule has 3 rings (SSSR count). The van der Waals surface area contributed by atoms with Crippen molar-refractivity contribution < 1.29 is 14.2 Å². The highest BCUT2D eigenvalue weighted by atomic mass is 16.6. The molecule has 0 radical (unpaired) electrons. The number of nitrogens with one attached hydrogen (secondary N) is 1. The summed E-state index contributed by atoms with van der Waals surface area (Å²) in [4.78, 5) is 26.9. The Balaban J connectivity index is 1.77. The molecule has 8 nitrogen and oxygen atoms in total. The minimum atomic E-state index is -0.462. The summed E-state index contributed by atoms with van der Waals surface area (Å²) < 4.78 is 5.34. The maximum absolute atomic E-state index is 12.2. The van der Waals surface area contributed by atoms with E-state index in [1.807, 2.05) is 13.8 Å². The molecule has 1 aliphatic rings. The first-order chi connectivity index (χ1) is 12.0. The summed E-state index contributed by atoms with van der Waals surface area (Å²) in [6.45, 7) is 3.95. The van der Waals surface area contributed by atoms with Gasteiger partial charge in [-0.1, -0.05) is 25.4 Å². The predicted octanol–water partition coefficient (Wildman–Crippen LogP) is 3.26. The topological polar surface area (TPSA) is 111 Å². The Morgan fingerprint density at radius 1 is 1.32 bits per heavy atom. The van der Waals surface area contributed by atoms with Crippen LogP contribution in [0.3, 0.4) is 0 Å². The molecular formula is C17H20N4O4. The van der Waals surface area contributed by atoms with Crippen molar-refractivity contribution in [1.82, 2.24) is 15.5 Å². The molecule has 0 unspecified atom stereocenters. The van der Waals surface area contributed by atoms with Crippen LogP contribution in [0.15, 0.2) is 28.8 Å². The fourth-order valence-corrected chi connectivity index (χ4v) is 2.67. The zero-order chi connectivity index (χ0) is 18.0. The van der Waals surface area contributed by atoms with Crippen LogP contribution in [0.4, 0.5) is 5.69 Å². The monoisotopic (exact) mass is 344 g/mol. The second-order valence-electron chi connectivity index (χ2n) is 6.62. The van der Waals surface area contributed by atoms with E-state index in [-0.39, 0.29) is 29.5 Å². The van der Waals surface area contributed by atoms with Crippen LogP contribution in [0, 0.1) is 22.0 Å². The van der Waals surface area contributed by atoms with Gasteiger partial charge in [0.1, 0.15) is 6.04 Å². The summed E-state index contributed by atoms with van der Waals surface area (Å²) in [5.41, 5.74) is 0.619. The lowest BCUT2D eigenvalue weighted by Crippen LogP contribution is -2.38. The van der Waals surface area contributed by atoms with Crippen molar-refractivity contribution in [1.29, 1.82) is 0 Å². The minimum Gasteiger partial charge on any atom is -0.344 e. The summed E-state index contributed by atoms with van der Waals surface area (Å²) >= 11 is 0. The van der Waals surface area contributed by atoms with Crippen LogP contribution in [0.25, 0.3) is 11.4 Å². The number of nitro groups is 1. The second kappa shape index (κ2) is 7.00. The molecule has 0 aliphatic heterocycles. The van der Waals surface area contributed by atoms with Gasteiger partial charge in [0.25, 0.3) is 5.69 Å². The van der Waals surface area contributed by atoms with Gasteiger partial charge in [0, 0.05) is 23.6 Å². The van der Waals surface area contributed by atoms with Gasteiger partial charge in [0.05, 0.1) is 4.92 Å². The van der Waals surface area contributed by atoms with Crippen molar-refractivity contribution in [2.24, 2.45) is 11.8 Å². The molecule has 0 spiro atoms. The smallest absolute Gasteiger partial charge is 0.269 e. The van der Waals surface area contributed by atoms with Gasteiger partial charge in [-0.2, -0.15) is 4.98 Å². The number of nitrogens with zero attached hydrogens (tertiary/aromatic N) is 3. The van der Waals surface area contributed by atoms with Crippen LogP contribution in [0.2, 0.25) is 0 Å². The highest BCUT2D eigenvalue weighted by Gasteiger charge is 2.30. The number of carbonyl (C=O) groups excluding carboxylic acids is 1. The first kappa shape index (κ1) is 17.1. The molecule has 1 N–H and O–H groups in total. The number of carbonyl (C=O) groups is 1. The van der Waals surface area contributed by atoms with E-state index in [9.17, 15) is 14.9 Å². The van der Waals surface area contributed by atoms with E-state index in [0.717, 1.165) is 19.3 Å². The molecular weight excluding hydrogens is 324 g/mol. The van der Waals surface area contributed by atoms with E-state index < -0.39 is 4.92 Å². The third kappa shape index (κ3) is 3.67. The minimum absolute atomic E-state index is 0.000266. The first-order valence-corrected chi connectivity index (χ1v) is 8.34. The summed E-state index contributed by atoms with van der Waals surface area (Å²) in [5.74, 6) is 0.886. The second-order valence-corrected chi connectivity index (χ2v) is 6.62. The molecule has 1 saturated carbocycles. The third-order valence-corrected chi connectivity index (χ3v) is 4.48. The lowest BCUT2D eigenvalue weighted by molar-refractivity contribution is -0.384. The highest BCUT2D eigenvalue weighted by Crippen LogP contribution is 2.29. The van der Waals surface area contributed by atoms with Gasteiger partial charge in [-0.15, -0.1) is 0 Å². The Hall–Kier alpha value is -2.77. The van der Waals surface area contributed by atoms with Crippen LogP contribution in [0.1, 0.15) is 45.0 Å². The molecule has 1 amide bonds. The maximum Gasteiger partial charge on any atom is 0.269 e. The summed E-state index contributed by atoms with van der Waals surface area (Å²) in [7, 11) is 0. The van der Waals surface area contributed by atoms with E-state index in [2.05, 4.69) is 15.5 Å². The number of non-ortho nitro benzene ring substituents is 1. The molecule has 1 fully saturated rings. The van der Waals surface area contributed by atoms with Gasteiger partial charge in [-0.3, -0.25) is 14.9 Å². The number of benzene rings is 1. The SMILES string of the molecule is CC(C)[C@H](NC(=O)C1CCC1)c1nc(-c2ccc([N+](=O)[O-])cc2)no1. The largest absolute Gasteiger partial charge is 0.344 e. The quantitative estimate of drug-likeness (QED) is 0.636. The van der Waals surface area contributed by atoms with Gasteiger partial charge < -0.3 is 9.84 Å². The Morgan fingerprint density at radius 3 is 2.52 bits per heavy atom. The van der Waals surface area contributed by atoms with E-state index in [1.54, 1.807) is 12.1 Å². The van der Waals surface area contributed by atoms with Gasteiger partial charge >= 0.3 is 0 Å². The Kier molecular flexibility index (Phi) is 4.78. The van der Waals surface area contributed by atoms with Crippen molar-refractivity contribution in [3.05, 3.63) is 40.3 Å². The average molecular weight is 344 g/mol. The summed E-state index contributed by atoms with van der Waals surface area (Å²) in [5, 5.41) is 17.7. The van der Waals surface area contributed by atoms with Gasteiger partial charge in [-0.25, -0.2) is 0 Å². The number of hydrogen-bond donors (Lipinski definition) is 1. The Labute approximate surface area is 144 Å². The number of rotatable bonds is 6. The standard InChI is InChI=1S/C17H20N4O4/c1-10(2)14(18-16(22)12-4-3-5-12)17-19-15(20-25-17)11-6-8-13(9-7-11)21(23)24/h6-10,12,14H,3-5H2,1-2H3,(H,18,22)/t14-/m0/s1. The number of nitro benzene ring substituents is 1. The number of hydrogen-bond acceptors (Lipinski definition) is 6. The lowest BCUT2D eigenvalue weighted by Gasteiger charge is -2.27. The van der Waals surface area contributed by atoms with E-state index in [0.29, 0.717) is 17.3 Å². The molecule has 1 aliphatic carbocycles. The highest BCUT2D eigenvalue weighted by molar-refractivity contribution is 5.79. The molecule has 2 aromatic rings. The Bertz CT molecular complexity index is 765. The molecule has 0 saturated heterocycles. The fraction of sp³-hybridized carbons (Fsp3) is 0.471. The molecule has 0 bridgehead atoms. The van der Waals surface area contributed by atoms with Crippen LogP contribution >= 0.6 is 0 Å². The van der Waals surface area contributed by atoms with Crippen molar-refractivity contribution in [2.45, 2.75) is 39.2 Å². The van der Waals surface area contributed by atoms with Gasteiger partial charge in [0.2, 0.25) is 17.6 Å². The Morgan fingerprint density at radius 2 is 2.00 bits per heavy atom. The maximum atomic E-state index is 12.2.